The Labute approximate surface area is 199 Å². The van der Waals surface area contributed by atoms with Crippen LogP contribution in [0.4, 0.5) is 0 Å². The van der Waals surface area contributed by atoms with Gasteiger partial charge in [0.05, 0.1) is 0 Å². The first-order chi connectivity index (χ1) is 15.8. The number of aromatic nitrogens is 2. The molecule has 2 heteroatoms. The molecule has 2 fully saturated rings. The summed E-state index contributed by atoms with van der Waals surface area (Å²) in [7, 11) is 0. The molecule has 1 aromatic heterocycles. The van der Waals surface area contributed by atoms with Gasteiger partial charge in [-0.15, -0.1) is 0 Å². The van der Waals surface area contributed by atoms with Crippen LogP contribution in [0, 0.1) is 17.8 Å². The Morgan fingerprint density at radius 1 is 0.688 bits per heavy atom. The molecule has 0 aliphatic heterocycles. The van der Waals surface area contributed by atoms with Crippen LogP contribution < -0.4 is 0 Å². The second kappa shape index (κ2) is 14.9. The number of aryl methyl sites for hydroxylation is 1. The lowest BCUT2D eigenvalue weighted by atomic mass is 9.78. The standard InChI is InChI=1S/C30H50N2/c1-3-5-7-8-10-12-28-23-31-30(32-24-28)29-21-19-27(20-22-29)18-17-26-15-13-25(14-16-26)11-9-6-4-2/h17-18,23-27,29H,3-16,19-22H2,1-2H3/b18-17+. The average Bonchev–Trinajstić information content (AvgIpc) is 2.84. The summed E-state index contributed by atoms with van der Waals surface area (Å²) in [5.74, 6) is 4.35. The zero-order valence-electron chi connectivity index (χ0n) is 21.2. The second-order valence-corrected chi connectivity index (χ2v) is 10.9. The van der Waals surface area contributed by atoms with Crippen molar-refractivity contribution in [3.05, 3.63) is 35.9 Å². The fourth-order valence-corrected chi connectivity index (χ4v) is 5.87. The Balaban J connectivity index is 1.32. The van der Waals surface area contributed by atoms with Gasteiger partial charge in [-0.25, -0.2) is 9.97 Å². The highest BCUT2D eigenvalue weighted by Crippen LogP contribution is 2.37. The third-order valence-electron chi connectivity index (χ3n) is 8.19. The molecule has 2 aliphatic carbocycles. The van der Waals surface area contributed by atoms with Crippen LogP contribution in [0.2, 0.25) is 0 Å². The van der Waals surface area contributed by atoms with Crippen LogP contribution in [0.15, 0.2) is 24.5 Å². The van der Waals surface area contributed by atoms with Crippen molar-refractivity contribution >= 4 is 0 Å². The third-order valence-corrected chi connectivity index (χ3v) is 8.19. The molecule has 0 atom stereocenters. The molecule has 2 aliphatic rings. The molecule has 1 aromatic rings. The minimum atomic E-state index is 0.580. The lowest BCUT2D eigenvalue weighted by Gasteiger charge is -2.28. The van der Waals surface area contributed by atoms with Crippen molar-refractivity contribution < 1.29 is 0 Å². The maximum Gasteiger partial charge on any atom is 0.131 e. The van der Waals surface area contributed by atoms with Crippen molar-refractivity contribution in [3.8, 4) is 0 Å². The van der Waals surface area contributed by atoms with E-state index in [2.05, 4.69) is 38.4 Å². The number of hydrogen-bond acceptors (Lipinski definition) is 2. The molecule has 0 saturated heterocycles. The number of allylic oxidation sites excluding steroid dienone is 2. The smallest absolute Gasteiger partial charge is 0.131 e. The number of rotatable bonds is 13. The van der Waals surface area contributed by atoms with Gasteiger partial charge in [0.2, 0.25) is 0 Å². The van der Waals surface area contributed by atoms with Crippen molar-refractivity contribution in [3.63, 3.8) is 0 Å². The predicted octanol–water partition coefficient (Wildman–Crippen LogP) is 9.21. The second-order valence-electron chi connectivity index (χ2n) is 10.9. The minimum Gasteiger partial charge on any atom is -0.241 e. The van der Waals surface area contributed by atoms with Crippen molar-refractivity contribution in [2.45, 2.75) is 135 Å². The molecule has 0 amide bonds. The molecule has 0 bridgehead atoms. The normalized spacial score (nSPS) is 26.6. The highest BCUT2D eigenvalue weighted by molar-refractivity contribution is 5.09. The summed E-state index contributed by atoms with van der Waals surface area (Å²) in [6.45, 7) is 4.59. The zero-order chi connectivity index (χ0) is 22.4. The average molecular weight is 439 g/mol. The first-order valence-corrected chi connectivity index (χ1v) is 14.3. The maximum absolute atomic E-state index is 4.77. The van der Waals surface area contributed by atoms with Crippen LogP contribution >= 0.6 is 0 Å². The van der Waals surface area contributed by atoms with Gasteiger partial charge in [-0.05, 0) is 87.5 Å². The largest absolute Gasteiger partial charge is 0.241 e. The van der Waals surface area contributed by atoms with Crippen molar-refractivity contribution in [1.82, 2.24) is 9.97 Å². The van der Waals surface area contributed by atoms with Crippen LogP contribution in [0.25, 0.3) is 0 Å². The number of unbranched alkanes of at least 4 members (excludes halogenated alkanes) is 6. The van der Waals surface area contributed by atoms with E-state index in [9.17, 15) is 0 Å². The molecule has 0 aromatic carbocycles. The minimum absolute atomic E-state index is 0.580. The molecular weight excluding hydrogens is 388 g/mol. The molecule has 3 rings (SSSR count). The molecule has 1 heterocycles. The van der Waals surface area contributed by atoms with Gasteiger partial charge >= 0.3 is 0 Å². The first kappa shape index (κ1) is 25.4. The lowest BCUT2D eigenvalue weighted by molar-refractivity contribution is 0.287. The fourth-order valence-electron chi connectivity index (χ4n) is 5.87. The molecule has 2 nitrogen and oxygen atoms in total. The number of hydrogen-bond donors (Lipinski definition) is 0. The molecule has 0 unspecified atom stereocenters. The Bertz CT molecular complexity index is 619. The molecular formula is C30H50N2. The Morgan fingerprint density at radius 2 is 1.25 bits per heavy atom. The van der Waals surface area contributed by atoms with Crippen LogP contribution in [-0.2, 0) is 6.42 Å². The van der Waals surface area contributed by atoms with E-state index >= 15 is 0 Å². The Kier molecular flexibility index (Phi) is 11.8. The van der Waals surface area contributed by atoms with E-state index in [1.54, 1.807) is 0 Å². The molecule has 180 valence electrons. The summed E-state index contributed by atoms with van der Waals surface area (Å²) < 4.78 is 0. The van der Waals surface area contributed by atoms with Crippen molar-refractivity contribution in [2.75, 3.05) is 0 Å². The maximum atomic E-state index is 4.77. The monoisotopic (exact) mass is 438 g/mol. The summed E-state index contributed by atoms with van der Waals surface area (Å²) in [6.07, 6.45) is 33.9. The van der Waals surface area contributed by atoms with E-state index in [0.29, 0.717) is 5.92 Å². The van der Waals surface area contributed by atoms with Crippen LogP contribution in [0.1, 0.15) is 140 Å². The van der Waals surface area contributed by atoms with E-state index in [0.717, 1.165) is 30.0 Å². The van der Waals surface area contributed by atoms with Gasteiger partial charge in [-0.3, -0.25) is 0 Å². The highest BCUT2D eigenvalue weighted by Gasteiger charge is 2.24. The third kappa shape index (κ3) is 8.99. The zero-order valence-corrected chi connectivity index (χ0v) is 21.2. The Morgan fingerprint density at radius 3 is 1.88 bits per heavy atom. The van der Waals surface area contributed by atoms with Crippen molar-refractivity contribution in [1.29, 1.82) is 0 Å². The Hall–Kier alpha value is -1.18. The first-order valence-electron chi connectivity index (χ1n) is 14.3. The van der Waals surface area contributed by atoms with Gasteiger partial charge in [0.25, 0.3) is 0 Å². The van der Waals surface area contributed by atoms with E-state index in [-0.39, 0.29) is 0 Å². The summed E-state index contributed by atoms with van der Waals surface area (Å²) in [6, 6.07) is 0. The van der Waals surface area contributed by atoms with Crippen LogP contribution in [-0.4, -0.2) is 9.97 Å². The summed E-state index contributed by atoms with van der Waals surface area (Å²) in [5.41, 5.74) is 1.32. The van der Waals surface area contributed by atoms with Crippen LogP contribution in [0.3, 0.4) is 0 Å². The molecule has 32 heavy (non-hydrogen) atoms. The predicted molar refractivity (Wildman–Crippen MR) is 138 cm³/mol. The fraction of sp³-hybridized carbons (Fsp3) is 0.800. The van der Waals surface area contributed by atoms with Gasteiger partial charge in [0.15, 0.2) is 0 Å². The molecule has 0 radical (unpaired) electrons. The van der Waals surface area contributed by atoms with E-state index < -0.39 is 0 Å². The van der Waals surface area contributed by atoms with Gasteiger partial charge < -0.3 is 0 Å². The SMILES string of the molecule is CCCCCCCc1cnc(C2CCC(/C=C/C3CCC(CCCCC)CC3)CC2)nc1. The number of nitrogens with zero attached hydrogens (tertiary/aromatic N) is 2. The van der Waals surface area contributed by atoms with E-state index in [4.69, 9.17) is 9.97 Å². The van der Waals surface area contributed by atoms with Gasteiger partial charge in [0, 0.05) is 18.3 Å². The topological polar surface area (TPSA) is 25.8 Å². The molecule has 2 saturated carbocycles. The summed E-state index contributed by atoms with van der Waals surface area (Å²) >= 11 is 0. The van der Waals surface area contributed by atoms with Crippen molar-refractivity contribution in [2.24, 2.45) is 17.8 Å². The summed E-state index contributed by atoms with van der Waals surface area (Å²) in [4.78, 5) is 9.53. The summed E-state index contributed by atoms with van der Waals surface area (Å²) in [5, 5.41) is 0. The van der Waals surface area contributed by atoms with E-state index in [1.165, 1.54) is 115 Å². The van der Waals surface area contributed by atoms with E-state index in [1.807, 2.05) is 0 Å². The quantitative estimate of drug-likeness (QED) is 0.226. The van der Waals surface area contributed by atoms with Gasteiger partial charge in [-0.2, -0.15) is 0 Å². The lowest BCUT2D eigenvalue weighted by Crippen LogP contribution is -2.15. The highest BCUT2D eigenvalue weighted by atomic mass is 14.9. The van der Waals surface area contributed by atoms with Gasteiger partial charge in [-0.1, -0.05) is 77.4 Å². The van der Waals surface area contributed by atoms with Gasteiger partial charge in [0.1, 0.15) is 5.82 Å². The molecule has 0 N–H and O–H groups in total. The van der Waals surface area contributed by atoms with Crippen LogP contribution in [0.5, 0.6) is 0 Å². The molecule has 0 spiro atoms.